The maximum Gasteiger partial charge on any atom is 0.312 e. The monoisotopic (exact) mass is 361 g/mol. The summed E-state index contributed by atoms with van der Waals surface area (Å²) in [6.07, 6.45) is 4.21. The minimum Gasteiger partial charge on any atom is -0.465 e. The first kappa shape index (κ1) is 16.6. The molecule has 2 fully saturated rings. The van der Waals surface area contributed by atoms with Gasteiger partial charge in [-0.15, -0.1) is 0 Å². The number of ether oxygens (including phenoxy) is 2. The summed E-state index contributed by atoms with van der Waals surface area (Å²) in [4.78, 5) is 27.3. The van der Waals surface area contributed by atoms with Gasteiger partial charge in [0.25, 0.3) is 0 Å². The number of anilines is 1. The highest BCUT2D eigenvalue weighted by atomic mass is 35.5. The average molecular weight is 362 g/mol. The molecule has 1 spiro atoms. The van der Waals surface area contributed by atoms with Gasteiger partial charge in [-0.25, -0.2) is 0 Å². The van der Waals surface area contributed by atoms with E-state index < -0.39 is 17.4 Å². The fraction of sp³-hybridized carbons (Fsp3) is 0.474. The van der Waals surface area contributed by atoms with Crippen molar-refractivity contribution in [1.29, 1.82) is 0 Å². The zero-order chi connectivity index (χ0) is 17.8. The average Bonchev–Trinajstić information content (AvgIpc) is 3.23. The van der Waals surface area contributed by atoms with Crippen molar-refractivity contribution in [2.45, 2.75) is 32.0 Å². The minimum absolute atomic E-state index is 0.0907. The number of esters is 1. The van der Waals surface area contributed by atoms with Crippen LogP contribution >= 0.6 is 11.6 Å². The first-order valence-electron chi connectivity index (χ1n) is 8.58. The molecule has 0 aromatic heterocycles. The van der Waals surface area contributed by atoms with E-state index in [1.54, 1.807) is 11.0 Å². The molecule has 6 heteroatoms. The van der Waals surface area contributed by atoms with Crippen LogP contribution in [0.3, 0.4) is 0 Å². The van der Waals surface area contributed by atoms with Crippen molar-refractivity contribution in [3.05, 3.63) is 40.9 Å². The van der Waals surface area contributed by atoms with Crippen LogP contribution in [-0.2, 0) is 19.1 Å². The number of halogens is 1. The molecule has 0 aliphatic carbocycles. The van der Waals surface area contributed by atoms with Gasteiger partial charge < -0.3 is 14.4 Å². The van der Waals surface area contributed by atoms with E-state index in [-0.39, 0.29) is 18.0 Å². The summed E-state index contributed by atoms with van der Waals surface area (Å²) < 4.78 is 11.4. The SMILES string of the molecule is CCCOC(=O)[C@H]1[C@H]2C(=O)N(c3ccc(Cl)c(C)c3)C[C@]23C=C[C@H]1O3. The van der Waals surface area contributed by atoms with Gasteiger partial charge in [-0.3, -0.25) is 9.59 Å². The number of fused-ring (bicyclic) bond motifs is 1. The Kier molecular flexibility index (Phi) is 3.89. The third-order valence-corrected chi connectivity index (χ3v) is 5.70. The summed E-state index contributed by atoms with van der Waals surface area (Å²) >= 11 is 6.09. The number of rotatable bonds is 4. The molecule has 3 aliphatic rings. The maximum absolute atomic E-state index is 13.1. The molecule has 132 valence electrons. The van der Waals surface area contributed by atoms with Crippen molar-refractivity contribution in [2.75, 3.05) is 18.1 Å². The highest BCUT2D eigenvalue weighted by Gasteiger charge is 2.67. The number of carbonyl (C=O) groups excluding carboxylic acids is 2. The molecule has 0 unspecified atom stereocenters. The highest BCUT2D eigenvalue weighted by Crippen LogP contribution is 2.53. The summed E-state index contributed by atoms with van der Waals surface area (Å²) in [5, 5.41) is 0.659. The maximum atomic E-state index is 13.1. The lowest BCUT2D eigenvalue weighted by atomic mass is 9.77. The van der Waals surface area contributed by atoms with E-state index in [4.69, 9.17) is 21.1 Å². The van der Waals surface area contributed by atoms with Crippen molar-refractivity contribution < 1.29 is 19.1 Å². The van der Waals surface area contributed by atoms with Crippen LogP contribution in [0.15, 0.2) is 30.4 Å². The smallest absolute Gasteiger partial charge is 0.312 e. The van der Waals surface area contributed by atoms with Gasteiger partial charge in [0.05, 0.1) is 25.2 Å². The molecule has 1 aromatic carbocycles. The number of hydrogen-bond acceptors (Lipinski definition) is 4. The van der Waals surface area contributed by atoms with Gasteiger partial charge in [0.15, 0.2) is 0 Å². The Balaban J connectivity index is 1.65. The van der Waals surface area contributed by atoms with Crippen molar-refractivity contribution in [2.24, 2.45) is 11.8 Å². The fourth-order valence-electron chi connectivity index (χ4n) is 4.08. The van der Waals surface area contributed by atoms with Gasteiger partial charge in [-0.2, -0.15) is 0 Å². The van der Waals surface area contributed by atoms with Crippen LogP contribution in [0.1, 0.15) is 18.9 Å². The van der Waals surface area contributed by atoms with Crippen LogP contribution in [-0.4, -0.2) is 36.7 Å². The third kappa shape index (κ3) is 2.41. The predicted octanol–water partition coefficient (Wildman–Crippen LogP) is 2.89. The van der Waals surface area contributed by atoms with Crippen LogP contribution in [0.2, 0.25) is 5.02 Å². The largest absolute Gasteiger partial charge is 0.465 e. The molecule has 4 atom stereocenters. The topological polar surface area (TPSA) is 55.8 Å². The molecule has 3 heterocycles. The fourth-order valence-corrected chi connectivity index (χ4v) is 4.20. The van der Waals surface area contributed by atoms with Crippen molar-refractivity contribution in [1.82, 2.24) is 0 Å². The Morgan fingerprint density at radius 3 is 3.00 bits per heavy atom. The molecule has 0 radical (unpaired) electrons. The molecule has 0 saturated carbocycles. The Hall–Kier alpha value is -1.85. The molecule has 3 aliphatic heterocycles. The van der Waals surface area contributed by atoms with Crippen molar-refractivity contribution >= 4 is 29.2 Å². The van der Waals surface area contributed by atoms with E-state index in [0.717, 1.165) is 17.7 Å². The Morgan fingerprint density at radius 1 is 1.48 bits per heavy atom. The van der Waals surface area contributed by atoms with Crippen molar-refractivity contribution in [3.63, 3.8) is 0 Å². The van der Waals surface area contributed by atoms with Crippen LogP contribution < -0.4 is 4.90 Å². The number of carbonyl (C=O) groups is 2. The molecule has 1 amide bonds. The summed E-state index contributed by atoms with van der Waals surface area (Å²) in [6, 6.07) is 5.50. The zero-order valence-electron chi connectivity index (χ0n) is 14.2. The van der Waals surface area contributed by atoms with E-state index >= 15 is 0 Å². The number of amides is 1. The first-order valence-corrected chi connectivity index (χ1v) is 8.96. The van der Waals surface area contributed by atoms with Gasteiger partial charge in [0.1, 0.15) is 11.5 Å². The second-order valence-electron chi connectivity index (χ2n) is 6.93. The summed E-state index contributed by atoms with van der Waals surface area (Å²) in [5.74, 6) is -1.53. The van der Waals surface area contributed by atoms with E-state index in [1.165, 1.54) is 0 Å². The molecule has 2 bridgehead atoms. The standard InChI is InChI=1S/C19H20ClNO4/c1-3-8-24-18(23)15-14-6-7-19(25-14)10-21(17(22)16(15)19)12-4-5-13(20)11(2)9-12/h4-7,9,14-16H,3,8,10H2,1-2H3/t14-,15-,16+,19-/m1/s1. The van der Waals surface area contributed by atoms with Crippen LogP contribution in [0.25, 0.3) is 0 Å². The number of aryl methyl sites for hydroxylation is 1. The van der Waals surface area contributed by atoms with E-state index in [2.05, 4.69) is 0 Å². The third-order valence-electron chi connectivity index (χ3n) is 5.27. The van der Waals surface area contributed by atoms with Gasteiger partial charge in [-0.1, -0.05) is 30.7 Å². The minimum atomic E-state index is -0.731. The highest BCUT2D eigenvalue weighted by molar-refractivity contribution is 6.31. The normalized spacial score (nSPS) is 32.4. The molecule has 2 saturated heterocycles. The second-order valence-corrected chi connectivity index (χ2v) is 7.33. The van der Waals surface area contributed by atoms with Crippen molar-refractivity contribution in [3.8, 4) is 0 Å². The van der Waals surface area contributed by atoms with Crippen LogP contribution in [0, 0.1) is 18.8 Å². The Morgan fingerprint density at radius 2 is 2.28 bits per heavy atom. The lowest BCUT2D eigenvalue weighted by Crippen LogP contribution is -2.40. The zero-order valence-corrected chi connectivity index (χ0v) is 15.0. The van der Waals surface area contributed by atoms with E-state index in [0.29, 0.717) is 18.2 Å². The summed E-state index contributed by atoms with van der Waals surface area (Å²) in [7, 11) is 0. The first-order chi connectivity index (χ1) is 12.0. The Bertz CT molecular complexity index is 777. The predicted molar refractivity (Wildman–Crippen MR) is 93.5 cm³/mol. The molecule has 5 nitrogen and oxygen atoms in total. The van der Waals surface area contributed by atoms with E-state index in [9.17, 15) is 9.59 Å². The molecular formula is C19H20ClNO4. The van der Waals surface area contributed by atoms with Crippen LogP contribution in [0.4, 0.5) is 5.69 Å². The lowest BCUT2D eigenvalue weighted by Gasteiger charge is -2.22. The van der Waals surface area contributed by atoms with Gasteiger partial charge in [0, 0.05) is 10.7 Å². The number of nitrogens with zero attached hydrogens (tertiary/aromatic N) is 1. The van der Waals surface area contributed by atoms with Crippen LogP contribution in [0.5, 0.6) is 0 Å². The summed E-state index contributed by atoms with van der Waals surface area (Å²) in [6.45, 7) is 4.61. The molecule has 0 N–H and O–H groups in total. The number of hydrogen-bond donors (Lipinski definition) is 0. The number of benzene rings is 1. The van der Waals surface area contributed by atoms with E-state index in [1.807, 2.05) is 38.1 Å². The van der Waals surface area contributed by atoms with Gasteiger partial charge in [-0.05, 0) is 37.1 Å². The molecule has 1 aromatic rings. The lowest BCUT2D eigenvalue weighted by molar-refractivity contribution is -0.152. The second kappa shape index (κ2) is 5.85. The quantitative estimate of drug-likeness (QED) is 0.611. The molecule has 25 heavy (non-hydrogen) atoms. The van der Waals surface area contributed by atoms with Gasteiger partial charge >= 0.3 is 5.97 Å². The summed E-state index contributed by atoms with van der Waals surface area (Å²) in [5.41, 5.74) is 0.948. The Labute approximate surface area is 151 Å². The van der Waals surface area contributed by atoms with Gasteiger partial charge in [0.2, 0.25) is 5.91 Å². The molecular weight excluding hydrogens is 342 g/mol. The molecule has 4 rings (SSSR count).